The van der Waals surface area contributed by atoms with Crippen molar-refractivity contribution in [1.29, 1.82) is 0 Å². The number of imidazole rings is 1. The predicted octanol–water partition coefficient (Wildman–Crippen LogP) is 1.90. The van der Waals surface area contributed by atoms with Crippen LogP contribution in [-0.4, -0.2) is 51.2 Å². The molecule has 0 amide bonds. The molecule has 0 saturated heterocycles. The Bertz CT molecular complexity index is 1180. The third kappa shape index (κ3) is 5.11. The van der Waals surface area contributed by atoms with Crippen LogP contribution in [0, 0.1) is 10.1 Å². The summed E-state index contributed by atoms with van der Waals surface area (Å²) >= 11 is 0. The van der Waals surface area contributed by atoms with E-state index >= 15 is 0 Å². The van der Waals surface area contributed by atoms with E-state index in [0.717, 1.165) is 7.11 Å². The molecule has 2 aromatic rings. The average Bonchev–Trinajstić information content (AvgIpc) is 3.31. The number of esters is 2. The Balaban J connectivity index is 2.32. The van der Waals surface area contributed by atoms with Gasteiger partial charge in [0.1, 0.15) is 0 Å². The highest BCUT2D eigenvalue weighted by Gasteiger charge is 2.40. The number of dihydropyridines is 1. The molecule has 0 bridgehead atoms. The van der Waals surface area contributed by atoms with Gasteiger partial charge in [0.2, 0.25) is 0 Å². The number of allylic oxidation sites excluding steroid dienone is 1. The van der Waals surface area contributed by atoms with Crippen LogP contribution in [0.1, 0.15) is 24.8 Å². The largest absolute Gasteiger partial charge is 0.481 e. The lowest BCUT2D eigenvalue weighted by atomic mass is 9.79. The van der Waals surface area contributed by atoms with Crippen molar-refractivity contribution in [3.63, 3.8) is 0 Å². The molecule has 0 fully saturated rings. The Morgan fingerprint density at radius 3 is 2.56 bits per heavy atom. The van der Waals surface area contributed by atoms with Gasteiger partial charge < -0.3 is 24.5 Å². The van der Waals surface area contributed by atoms with Gasteiger partial charge in [-0.05, 0) is 12.5 Å². The van der Waals surface area contributed by atoms with Crippen molar-refractivity contribution in [2.45, 2.75) is 25.8 Å². The minimum absolute atomic E-state index is 0.000908. The standard InChI is InChI=1S/C22H22N4O8/c1-3-34-22(30)20-16(11-25-8-7-23-12-25)24-15(10-17(27)28)19(21(29)33-2)18(20)13-5-4-6-14(9-13)26(31)32/h4-9,12,18,24H,3,10-11H2,1-2H3,(H,27,28). The van der Waals surface area contributed by atoms with Crippen LogP contribution in [-0.2, 0) is 30.4 Å². The number of aliphatic carboxylic acids is 1. The van der Waals surface area contributed by atoms with Gasteiger partial charge in [0.05, 0.1) is 55.0 Å². The number of nitro benzene ring substituents is 1. The van der Waals surface area contributed by atoms with E-state index in [1.54, 1.807) is 17.7 Å². The number of nitrogens with one attached hydrogen (secondary N) is 1. The van der Waals surface area contributed by atoms with Gasteiger partial charge in [-0.15, -0.1) is 0 Å². The number of carbonyl (C=O) groups excluding carboxylic acids is 2. The van der Waals surface area contributed by atoms with Crippen LogP contribution < -0.4 is 5.32 Å². The number of hydrogen-bond acceptors (Lipinski definition) is 9. The van der Waals surface area contributed by atoms with Crippen LogP contribution in [0.5, 0.6) is 0 Å². The zero-order valence-electron chi connectivity index (χ0n) is 18.4. The van der Waals surface area contributed by atoms with E-state index in [1.807, 2.05) is 0 Å². The molecule has 0 saturated carbocycles. The summed E-state index contributed by atoms with van der Waals surface area (Å²) in [6.07, 6.45) is 4.07. The number of hydrogen-bond donors (Lipinski definition) is 2. The van der Waals surface area contributed by atoms with Crippen molar-refractivity contribution in [1.82, 2.24) is 14.9 Å². The van der Waals surface area contributed by atoms with Crippen molar-refractivity contribution in [2.75, 3.05) is 13.7 Å². The molecule has 12 nitrogen and oxygen atoms in total. The summed E-state index contributed by atoms with van der Waals surface area (Å²) in [5.41, 5.74) is 0.0777. The van der Waals surface area contributed by atoms with Crippen molar-refractivity contribution < 1.29 is 33.9 Å². The number of benzene rings is 1. The number of methoxy groups -OCH3 is 1. The normalized spacial score (nSPS) is 15.5. The number of ether oxygens (including phenoxy) is 2. The van der Waals surface area contributed by atoms with Crippen LogP contribution in [0.3, 0.4) is 0 Å². The Kier molecular flexibility index (Phi) is 7.41. The number of nitrogens with zero attached hydrogens (tertiary/aromatic N) is 3. The molecular formula is C22H22N4O8. The van der Waals surface area contributed by atoms with E-state index in [2.05, 4.69) is 10.3 Å². The number of carboxylic acids is 1. The van der Waals surface area contributed by atoms with Gasteiger partial charge in [-0.1, -0.05) is 12.1 Å². The first-order valence-corrected chi connectivity index (χ1v) is 10.2. The Labute approximate surface area is 193 Å². The van der Waals surface area contributed by atoms with Gasteiger partial charge >= 0.3 is 17.9 Å². The van der Waals surface area contributed by atoms with Gasteiger partial charge in [0, 0.05) is 35.9 Å². The summed E-state index contributed by atoms with van der Waals surface area (Å²) in [6.45, 7) is 1.71. The fourth-order valence-electron chi connectivity index (χ4n) is 3.74. The van der Waals surface area contributed by atoms with Gasteiger partial charge in [-0.2, -0.15) is 0 Å². The van der Waals surface area contributed by atoms with E-state index in [9.17, 15) is 29.6 Å². The van der Waals surface area contributed by atoms with E-state index < -0.39 is 35.2 Å². The number of rotatable bonds is 9. The molecule has 1 unspecified atom stereocenters. The van der Waals surface area contributed by atoms with E-state index in [4.69, 9.17) is 9.47 Å². The smallest absolute Gasteiger partial charge is 0.336 e. The van der Waals surface area contributed by atoms with Crippen LogP contribution in [0.15, 0.2) is 65.5 Å². The van der Waals surface area contributed by atoms with Crippen LogP contribution in [0.4, 0.5) is 5.69 Å². The first kappa shape index (κ1) is 24.2. The zero-order chi connectivity index (χ0) is 24.8. The highest BCUT2D eigenvalue weighted by Crippen LogP contribution is 2.41. The Morgan fingerprint density at radius 2 is 1.97 bits per heavy atom. The SMILES string of the molecule is CCOC(=O)C1=C(Cn2ccnc2)NC(CC(=O)O)=C(C(=O)OC)C1c1cccc([N+](=O)[O-])c1. The second-order valence-electron chi connectivity index (χ2n) is 7.21. The number of carboxylic acid groups (broad SMARTS) is 1. The van der Waals surface area contributed by atoms with E-state index in [-0.39, 0.29) is 46.9 Å². The third-order valence-corrected chi connectivity index (χ3v) is 5.07. The van der Waals surface area contributed by atoms with E-state index in [0.29, 0.717) is 0 Å². The molecule has 12 heteroatoms. The quantitative estimate of drug-likeness (QED) is 0.314. The zero-order valence-corrected chi connectivity index (χ0v) is 18.4. The Morgan fingerprint density at radius 1 is 1.24 bits per heavy atom. The van der Waals surface area contributed by atoms with E-state index in [1.165, 1.54) is 36.8 Å². The second kappa shape index (κ2) is 10.4. The minimum Gasteiger partial charge on any atom is -0.481 e. The van der Waals surface area contributed by atoms with Crippen LogP contribution in [0.25, 0.3) is 0 Å². The highest BCUT2D eigenvalue weighted by atomic mass is 16.6. The fourth-order valence-corrected chi connectivity index (χ4v) is 3.74. The van der Waals surface area contributed by atoms with Gasteiger partial charge in [-0.25, -0.2) is 14.6 Å². The molecular weight excluding hydrogens is 448 g/mol. The first-order chi connectivity index (χ1) is 16.3. The lowest BCUT2D eigenvalue weighted by molar-refractivity contribution is -0.384. The number of carbonyl (C=O) groups is 3. The molecule has 34 heavy (non-hydrogen) atoms. The summed E-state index contributed by atoms with van der Waals surface area (Å²) in [5, 5.41) is 23.8. The molecule has 1 aliphatic rings. The highest BCUT2D eigenvalue weighted by molar-refractivity contribution is 6.00. The van der Waals surface area contributed by atoms with Crippen LogP contribution in [0.2, 0.25) is 0 Å². The van der Waals surface area contributed by atoms with Crippen molar-refractivity contribution >= 4 is 23.6 Å². The molecule has 0 spiro atoms. The molecule has 2 heterocycles. The molecule has 1 aliphatic heterocycles. The van der Waals surface area contributed by atoms with Crippen molar-refractivity contribution in [2.24, 2.45) is 0 Å². The van der Waals surface area contributed by atoms with Gasteiger partial charge in [-0.3, -0.25) is 14.9 Å². The summed E-state index contributed by atoms with van der Waals surface area (Å²) in [6, 6.07) is 5.42. The second-order valence-corrected chi connectivity index (χ2v) is 7.21. The van der Waals surface area contributed by atoms with Crippen molar-refractivity contribution in [3.05, 3.63) is 81.2 Å². The van der Waals surface area contributed by atoms with Gasteiger partial charge in [0.15, 0.2) is 0 Å². The molecule has 0 radical (unpaired) electrons. The van der Waals surface area contributed by atoms with Crippen LogP contribution >= 0.6 is 0 Å². The monoisotopic (exact) mass is 470 g/mol. The maximum absolute atomic E-state index is 13.2. The maximum Gasteiger partial charge on any atom is 0.336 e. The molecule has 1 atom stereocenters. The van der Waals surface area contributed by atoms with Gasteiger partial charge in [0.25, 0.3) is 5.69 Å². The lowest BCUT2D eigenvalue weighted by Crippen LogP contribution is -2.36. The Hall–Kier alpha value is -4.48. The molecule has 1 aromatic heterocycles. The topological polar surface area (TPSA) is 163 Å². The first-order valence-electron chi connectivity index (χ1n) is 10.2. The predicted molar refractivity (Wildman–Crippen MR) is 116 cm³/mol. The number of aromatic nitrogens is 2. The summed E-state index contributed by atoms with van der Waals surface area (Å²) in [7, 11) is 1.12. The minimum atomic E-state index is -1.23. The molecule has 0 aliphatic carbocycles. The number of non-ortho nitro benzene ring substituents is 1. The molecule has 3 rings (SSSR count). The third-order valence-electron chi connectivity index (χ3n) is 5.07. The fraction of sp³-hybridized carbons (Fsp3) is 0.273. The number of nitro groups is 1. The average molecular weight is 470 g/mol. The molecule has 178 valence electrons. The summed E-state index contributed by atoms with van der Waals surface area (Å²) in [5.74, 6) is -4.06. The molecule has 1 aromatic carbocycles. The lowest BCUT2D eigenvalue weighted by Gasteiger charge is -2.32. The maximum atomic E-state index is 13.2. The summed E-state index contributed by atoms with van der Waals surface area (Å²) < 4.78 is 11.8. The summed E-state index contributed by atoms with van der Waals surface area (Å²) in [4.78, 5) is 52.4. The van der Waals surface area contributed by atoms with Crippen molar-refractivity contribution in [3.8, 4) is 0 Å². The molecule has 2 N–H and O–H groups in total.